The monoisotopic (exact) mass is 533 g/mol. The van der Waals surface area contributed by atoms with Crippen molar-refractivity contribution >= 4 is 61.5 Å². The zero-order valence-electron chi connectivity index (χ0n) is 19.8. The van der Waals surface area contributed by atoms with E-state index in [9.17, 15) is 4.79 Å². The van der Waals surface area contributed by atoms with Crippen molar-refractivity contribution in [1.29, 1.82) is 0 Å². The van der Waals surface area contributed by atoms with Crippen LogP contribution in [0.3, 0.4) is 0 Å². The van der Waals surface area contributed by atoms with Crippen LogP contribution in [0, 0.1) is 5.92 Å². The van der Waals surface area contributed by atoms with Crippen LogP contribution in [-0.4, -0.2) is 40.2 Å². The number of benzene rings is 2. The largest absolute Gasteiger partial charge is 0.456 e. The first-order chi connectivity index (χ1) is 18.1. The summed E-state index contributed by atoms with van der Waals surface area (Å²) in [6.07, 6.45) is 4.25. The van der Waals surface area contributed by atoms with Crippen LogP contribution in [0.5, 0.6) is 11.5 Å². The number of hydrogen-bond acceptors (Lipinski definition) is 7. The molecule has 10 heteroatoms. The lowest BCUT2D eigenvalue weighted by molar-refractivity contribution is -0.124. The third kappa shape index (κ3) is 5.11. The molecule has 1 amide bonds. The Hall–Kier alpha value is -3.66. The highest BCUT2D eigenvalue weighted by atomic mass is 35.5. The minimum atomic E-state index is -0.0581. The Kier molecular flexibility index (Phi) is 6.65. The summed E-state index contributed by atoms with van der Waals surface area (Å²) in [6.45, 7) is 2.24. The fourth-order valence-electron chi connectivity index (χ4n) is 4.42. The number of aromatic nitrogens is 3. The number of ether oxygens (including phenoxy) is 2. The molecule has 188 valence electrons. The second-order valence-electron chi connectivity index (χ2n) is 8.81. The molecule has 0 radical (unpaired) electrons. The van der Waals surface area contributed by atoms with E-state index >= 15 is 0 Å². The summed E-state index contributed by atoms with van der Waals surface area (Å²) < 4.78 is 14.5. The molecule has 1 unspecified atom stereocenters. The van der Waals surface area contributed by atoms with Crippen molar-refractivity contribution < 1.29 is 14.3 Å². The quantitative estimate of drug-likeness (QED) is 0.255. The van der Waals surface area contributed by atoms with E-state index in [1.807, 2.05) is 53.2 Å². The molecule has 6 rings (SSSR count). The fourth-order valence-corrected chi connectivity index (χ4v) is 5.46. The van der Waals surface area contributed by atoms with E-state index in [0.717, 1.165) is 33.6 Å². The third-order valence-electron chi connectivity index (χ3n) is 6.35. The molecule has 0 spiro atoms. The van der Waals surface area contributed by atoms with Crippen molar-refractivity contribution in [3.63, 3.8) is 0 Å². The van der Waals surface area contributed by atoms with Crippen molar-refractivity contribution in [2.45, 2.75) is 13.0 Å². The highest BCUT2D eigenvalue weighted by molar-refractivity contribution is 7.17. The predicted octanol–water partition coefficient (Wildman–Crippen LogP) is 5.99. The van der Waals surface area contributed by atoms with Crippen LogP contribution in [-0.2, 0) is 16.1 Å². The standard InChI is InChI=1S/C27H24ClN5O3S/c28-21-13-19(2-4-23(21)36-20-3-1-17-7-12-37-24(17)14-20)32-26-25-22(30-16-31-26)5-9-33(25)10-8-29-27(34)18-6-11-35-15-18/h1-5,7,9,12-14,16,18H,6,8,10-11,15H2,(H,29,34)(H,30,31,32). The number of fused-ring (bicyclic) bond motifs is 2. The Labute approximate surface area is 222 Å². The van der Waals surface area contributed by atoms with Gasteiger partial charge in [-0.2, -0.15) is 0 Å². The third-order valence-corrected chi connectivity index (χ3v) is 7.53. The number of carbonyl (C=O) groups excluding carboxylic acids is 1. The Morgan fingerprint density at radius 2 is 2.14 bits per heavy atom. The lowest BCUT2D eigenvalue weighted by atomic mass is 10.1. The van der Waals surface area contributed by atoms with Gasteiger partial charge >= 0.3 is 0 Å². The Morgan fingerprint density at radius 1 is 1.19 bits per heavy atom. The molecule has 37 heavy (non-hydrogen) atoms. The smallest absolute Gasteiger partial charge is 0.225 e. The van der Waals surface area contributed by atoms with Crippen molar-refractivity contribution in [3.05, 3.63) is 71.5 Å². The Bertz CT molecular complexity index is 1580. The molecule has 8 nitrogen and oxygen atoms in total. The van der Waals surface area contributed by atoms with Gasteiger partial charge in [-0.25, -0.2) is 9.97 Å². The molecular weight excluding hydrogens is 510 g/mol. The molecule has 0 bridgehead atoms. The summed E-state index contributed by atoms with van der Waals surface area (Å²) in [6, 6.07) is 15.5. The normalized spacial score (nSPS) is 15.3. The molecule has 1 aliphatic heterocycles. The number of halogens is 1. The number of carbonyl (C=O) groups is 1. The molecule has 5 aromatic rings. The van der Waals surface area contributed by atoms with E-state index < -0.39 is 0 Å². The van der Waals surface area contributed by atoms with Gasteiger partial charge in [-0.1, -0.05) is 11.6 Å². The molecular formula is C27H24ClN5O3S. The average molecular weight is 534 g/mol. The van der Waals surface area contributed by atoms with Gasteiger partial charge in [0.05, 0.1) is 23.1 Å². The molecule has 2 aromatic carbocycles. The Morgan fingerprint density at radius 3 is 3.00 bits per heavy atom. The van der Waals surface area contributed by atoms with E-state index in [0.29, 0.717) is 42.9 Å². The van der Waals surface area contributed by atoms with Gasteiger partial charge in [0.2, 0.25) is 5.91 Å². The maximum absolute atomic E-state index is 12.3. The SMILES string of the molecule is O=C(NCCn1ccc2ncnc(Nc3ccc(Oc4ccc5ccsc5c4)c(Cl)c3)c21)C1CCOC1. The van der Waals surface area contributed by atoms with Crippen LogP contribution in [0.2, 0.25) is 5.02 Å². The molecule has 0 saturated carbocycles. The summed E-state index contributed by atoms with van der Waals surface area (Å²) in [5.74, 6) is 1.94. The van der Waals surface area contributed by atoms with E-state index in [1.54, 1.807) is 11.3 Å². The van der Waals surface area contributed by atoms with Crippen LogP contribution >= 0.6 is 22.9 Å². The van der Waals surface area contributed by atoms with Crippen LogP contribution < -0.4 is 15.4 Å². The minimum Gasteiger partial charge on any atom is -0.456 e. The van der Waals surface area contributed by atoms with Crippen LogP contribution in [0.4, 0.5) is 11.5 Å². The number of nitrogens with zero attached hydrogens (tertiary/aromatic N) is 3. The summed E-state index contributed by atoms with van der Waals surface area (Å²) in [5.41, 5.74) is 2.43. The summed E-state index contributed by atoms with van der Waals surface area (Å²) >= 11 is 8.25. The van der Waals surface area contributed by atoms with Gasteiger partial charge in [0.25, 0.3) is 0 Å². The fraction of sp³-hybridized carbons (Fsp3) is 0.222. The lowest BCUT2D eigenvalue weighted by Gasteiger charge is -2.13. The van der Waals surface area contributed by atoms with Gasteiger partial charge in [0.15, 0.2) is 5.82 Å². The highest BCUT2D eigenvalue weighted by Crippen LogP contribution is 2.35. The van der Waals surface area contributed by atoms with Gasteiger partial charge in [-0.15, -0.1) is 11.3 Å². The number of nitrogens with one attached hydrogen (secondary N) is 2. The Balaban J connectivity index is 1.16. The van der Waals surface area contributed by atoms with Crippen molar-refractivity contribution in [3.8, 4) is 11.5 Å². The van der Waals surface area contributed by atoms with E-state index in [4.69, 9.17) is 21.1 Å². The molecule has 0 aliphatic carbocycles. The number of amides is 1. The van der Waals surface area contributed by atoms with E-state index in [2.05, 4.69) is 32.0 Å². The van der Waals surface area contributed by atoms with Gasteiger partial charge in [0, 0.05) is 36.3 Å². The van der Waals surface area contributed by atoms with Crippen LogP contribution in [0.25, 0.3) is 21.1 Å². The second-order valence-corrected chi connectivity index (χ2v) is 10.2. The first kappa shape index (κ1) is 23.7. The number of rotatable bonds is 8. The number of anilines is 2. The molecule has 1 fully saturated rings. The van der Waals surface area contributed by atoms with Crippen molar-refractivity contribution in [2.24, 2.45) is 5.92 Å². The zero-order valence-corrected chi connectivity index (χ0v) is 21.4. The molecule has 1 atom stereocenters. The van der Waals surface area contributed by atoms with Gasteiger partial charge in [0.1, 0.15) is 23.3 Å². The minimum absolute atomic E-state index is 0.0378. The maximum Gasteiger partial charge on any atom is 0.225 e. The summed E-state index contributed by atoms with van der Waals surface area (Å²) in [4.78, 5) is 21.2. The highest BCUT2D eigenvalue weighted by Gasteiger charge is 2.23. The summed E-state index contributed by atoms with van der Waals surface area (Å²) in [7, 11) is 0. The first-order valence-corrected chi connectivity index (χ1v) is 13.3. The van der Waals surface area contributed by atoms with Crippen LogP contribution in [0.15, 0.2) is 66.4 Å². The van der Waals surface area contributed by atoms with Gasteiger partial charge in [-0.05, 0) is 65.7 Å². The predicted molar refractivity (Wildman–Crippen MR) is 146 cm³/mol. The second kappa shape index (κ2) is 10.4. The first-order valence-electron chi connectivity index (χ1n) is 12.0. The zero-order chi connectivity index (χ0) is 25.2. The van der Waals surface area contributed by atoms with Crippen molar-refractivity contribution in [1.82, 2.24) is 19.9 Å². The van der Waals surface area contributed by atoms with E-state index in [1.165, 1.54) is 11.7 Å². The van der Waals surface area contributed by atoms with Crippen molar-refractivity contribution in [2.75, 3.05) is 25.1 Å². The molecule has 3 aromatic heterocycles. The average Bonchev–Trinajstić information content (AvgIpc) is 3.67. The topological polar surface area (TPSA) is 90.3 Å². The molecule has 2 N–H and O–H groups in total. The van der Waals surface area contributed by atoms with Gasteiger partial charge in [-0.3, -0.25) is 4.79 Å². The number of hydrogen-bond donors (Lipinski definition) is 2. The number of thiophene rings is 1. The lowest BCUT2D eigenvalue weighted by Crippen LogP contribution is -2.33. The van der Waals surface area contributed by atoms with Gasteiger partial charge < -0.3 is 24.7 Å². The van der Waals surface area contributed by atoms with Crippen LogP contribution in [0.1, 0.15) is 6.42 Å². The maximum atomic E-state index is 12.3. The molecule has 1 aliphatic rings. The molecule has 1 saturated heterocycles. The molecule has 4 heterocycles. The summed E-state index contributed by atoms with van der Waals surface area (Å²) in [5, 5.41) is 10.1. The van der Waals surface area contributed by atoms with E-state index in [-0.39, 0.29) is 11.8 Å².